The molecular weight excluding hydrogens is 390 g/mol. The molecule has 1 aliphatic rings. The van der Waals surface area contributed by atoms with E-state index in [1.807, 2.05) is 30.3 Å². The number of aryl methyl sites for hydroxylation is 1. The van der Waals surface area contributed by atoms with Gasteiger partial charge in [0.15, 0.2) is 9.84 Å². The molecule has 1 heterocycles. The lowest BCUT2D eigenvalue weighted by Crippen LogP contribution is -2.35. The number of unbranched alkanes of at least 4 members (excludes halogenated alkanes) is 1. The highest BCUT2D eigenvalue weighted by molar-refractivity contribution is 7.91. The van der Waals surface area contributed by atoms with E-state index >= 15 is 0 Å². The Kier molecular flexibility index (Phi) is 8.68. The first-order valence-electron chi connectivity index (χ1n) is 9.86. The summed E-state index contributed by atoms with van der Waals surface area (Å²) in [4.78, 5) is 14.3. The van der Waals surface area contributed by atoms with E-state index in [4.69, 9.17) is 4.74 Å². The van der Waals surface area contributed by atoms with Crippen LogP contribution in [-0.2, 0) is 25.8 Å². The molecule has 1 atom stereocenters. The van der Waals surface area contributed by atoms with Crippen LogP contribution in [0.15, 0.2) is 36.0 Å². The molecule has 8 heteroatoms. The monoisotopic (exact) mass is 419 g/mol. The van der Waals surface area contributed by atoms with Gasteiger partial charge < -0.3 is 15.0 Å². The van der Waals surface area contributed by atoms with Gasteiger partial charge in [-0.25, -0.2) is 8.42 Å². The number of carbonyl (C=O) groups is 1. The molecule has 29 heavy (non-hydrogen) atoms. The number of rotatable bonds is 10. The molecule has 1 aromatic carbocycles. The van der Waals surface area contributed by atoms with Crippen molar-refractivity contribution in [3.8, 4) is 6.07 Å². The summed E-state index contributed by atoms with van der Waals surface area (Å²) in [5.41, 5.74) is 1.75. The van der Waals surface area contributed by atoms with E-state index in [-0.39, 0.29) is 23.1 Å². The minimum Gasteiger partial charge on any atom is -0.383 e. The second-order valence-corrected chi connectivity index (χ2v) is 9.43. The van der Waals surface area contributed by atoms with Gasteiger partial charge in [0.1, 0.15) is 11.6 Å². The van der Waals surface area contributed by atoms with Gasteiger partial charge in [0.05, 0.1) is 18.1 Å². The van der Waals surface area contributed by atoms with Crippen molar-refractivity contribution in [1.29, 1.82) is 5.26 Å². The van der Waals surface area contributed by atoms with E-state index in [0.717, 1.165) is 19.3 Å². The molecule has 1 unspecified atom stereocenters. The number of ether oxygens (including phenoxy) is 1. The van der Waals surface area contributed by atoms with Crippen LogP contribution in [0.1, 0.15) is 31.7 Å². The molecule has 1 aromatic rings. The fraction of sp³-hybridized carbons (Fsp3) is 0.524. The van der Waals surface area contributed by atoms with Gasteiger partial charge >= 0.3 is 0 Å². The molecule has 1 saturated heterocycles. The number of amides is 1. The van der Waals surface area contributed by atoms with Crippen LogP contribution in [0, 0.1) is 11.3 Å². The Balaban J connectivity index is 2.10. The molecule has 7 nitrogen and oxygen atoms in total. The van der Waals surface area contributed by atoms with Crippen molar-refractivity contribution in [3.05, 3.63) is 41.6 Å². The normalized spacial score (nSPS) is 18.2. The third kappa shape index (κ3) is 7.18. The zero-order chi connectivity index (χ0) is 21.3. The summed E-state index contributed by atoms with van der Waals surface area (Å²) in [5, 5.41) is 12.2. The smallest absolute Gasteiger partial charge is 0.267 e. The molecule has 0 spiro atoms. The number of methoxy groups -OCH3 is 1. The molecule has 1 amide bonds. The Morgan fingerprint density at radius 2 is 2.10 bits per heavy atom. The Morgan fingerprint density at radius 3 is 2.66 bits per heavy atom. The number of hydrogen-bond donors (Lipinski definition) is 1. The summed E-state index contributed by atoms with van der Waals surface area (Å²) in [5.74, 6) is -0.377. The van der Waals surface area contributed by atoms with Gasteiger partial charge in [0.2, 0.25) is 0 Å². The maximum Gasteiger partial charge on any atom is 0.267 e. The molecule has 1 aliphatic heterocycles. The number of hydrogen-bond acceptors (Lipinski definition) is 6. The molecule has 0 aliphatic carbocycles. The van der Waals surface area contributed by atoms with Crippen molar-refractivity contribution >= 4 is 21.4 Å². The molecule has 1 fully saturated rings. The minimum atomic E-state index is -3.08. The first-order valence-corrected chi connectivity index (χ1v) is 11.7. The first-order chi connectivity index (χ1) is 13.9. The van der Waals surface area contributed by atoms with Crippen molar-refractivity contribution in [2.75, 3.05) is 37.1 Å². The number of nitriles is 1. The van der Waals surface area contributed by atoms with Gasteiger partial charge in [-0.2, -0.15) is 5.26 Å². The fourth-order valence-electron chi connectivity index (χ4n) is 3.22. The van der Waals surface area contributed by atoms with Crippen LogP contribution >= 0.6 is 0 Å². The summed E-state index contributed by atoms with van der Waals surface area (Å²) < 4.78 is 28.7. The van der Waals surface area contributed by atoms with Crippen LogP contribution in [-0.4, -0.2) is 57.0 Å². The second-order valence-electron chi connectivity index (χ2n) is 7.20. The molecule has 158 valence electrons. The van der Waals surface area contributed by atoms with Crippen LogP contribution in [0.3, 0.4) is 0 Å². The number of sulfone groups is 1. The highest BCUT2D eigenvalue weighted by atomic mass is 32.2. The Morgan fingerprint density at radius 1 is 1.38 bits per heavy atom. The molecule has 1 N–H and O–H groups in total. The van der Waals surface area contributed by atoms with Crippen molar-refractivity contribution < 1.29 is 17.9 Å². The van der Waals surface area contributed by atoms with Gasteiger partial charge in [-0.05, 0) is 37.0 Å². The van der Waals surface area contributed by atoms with E-state index in [0.29, 0.717) is 25.3 Å². The quantitative estimate of drug-likeness (QED) is 0.462. The van der Waals surface area contributed by atoms with Crippen LogP contribution < -0.4 is 5.32 Å². The highest BCUT2D eigenvalue weighted by Gasteiger charge is 2.31. The zero-order valence-corrected chi connectivity index (χ0v) is 17.9. The lowest BCUT2D eigenvalue weighted by Gasteiger charge is -2.26. The van der Waals surface area contributed by atoms with Gasteiger partial charge in [-0.3, -0.25) is 4.79 Å². The number of nitrogens with one attached hydrogen (secondary N) is 1. The standard InChI is InChI=1S/C21H29N3O4S/c1-3-4-5-17-6-8-19(9-7-17)23-21(25)18(14-22)15-24(11-12-28-2)20-10-13-29(26,27)16-20/h6-9,15,20H,3-5,10-13,16H2,1-2H3,(H,23,25)/b18-15-. The summed E-state index contributed by atoms with van der Waals surface area (Å²) in [6, 6.07) is 9.25. The predicted molar refractivity (Wildman–Crippen MR) is 113 cm³/mol. The van der Waals surface area contributed by atoms with Gasteiger partial charge in [0.25, 0.3) is 5.91 Å². The van der Waals surface area contributed by atoms with Crippen LogP contribution in [0.25, 0.3) is 0 Å². The topological polar surface area (TPSA) is 99.5 Å². The summed E-state index contributed by atoms with van der Waals surface area (Å²) in [6.45, 7) is 2.91. The summed E-state index contributed by atoms with van der Waals surface area (Å²) >= 11 is 0. The number of nitrogens with zero attached hydrogens (tertiary/aromatic N) is 2. The fourth-order valence-corrected chi connectivity index (χ4v) is 4.97. The Hall–Kier alpha value is -2.37. The Bertz CT molecular complexity index is 857. The van der Waals surface area contributed by atoms with E-state index in [2.05, 4.69) is 12.2 Å². The van der Waals surface area contributed by atoms with E-state index in [9.17, 15) is 18.5 Å². The van der Waals surface area contributed by atoms with Gasteiger partial charge in [0, 0.05) is 31.6 Å². The molecule has 2 rings (SSSR count). The van der Waals surface area contributed by atoms with Crippen molar-refractivity contribution in [1.82, 2.24) is 4.90 Å². The minimum absolute atomic E-state index is 0.0206. The SMILES string of the molecule is CCCCc1ccc(NC(=O)/C(C#N)=C\N(CCOC)C2CCS(=O)(=O)C2)cc1. The zero-order valence-electron chi connectivity index (χ0n) is 17.1. The highest BCUT2D eigenvalue weighted by Crippen LogP contribution is 2.19. The van der Waals surface area contributed by atoms with Crippen molar-refractivity contribution in [2.45, 2.75) is 38.6 Å². The lowest BCUT2D eigenvalue weighted by molar-refractivity contribution is -0.112. The third-order valence-electron chi connectivity index (χ3n) is 4.92. The largest absolute Gasteiger partial charge is 0.383 e. The lowest BCUT2D eigenvalue weighted by atomic mass is 10.1. The molecular formula is C21H29N3O4S. The van der Waals surface area contributed by atoms with E-state index in [1.165, 1.54) is 11.8 Å². The third-order valence-corrected chi connectivity index (χ3v) is 6.67. The number of anilines is 1. The maximum atomic E-state index is 12.6. The summed E-state index contributed by atoms with van der Waals surface area (Å²) in [7, 11) is -1.53. The molecule has 0 saturated carbocycles. The van der Waals surface area contributed by atoms with Crippen LogP contribution in [0.2, 0.25) is 0 Å². The first kappa shape index (κ1) is 22.9. The van der Waals surface area contributed by atoms with Gasteiger partial charge in [-0.15, -0.1) is 0 Å². The molecule has 0 bridgehead atoms. The van der Waals surface area contributed by atoms with Crippen molar-refractivity contribution in [2.24, 2.45) is 0 Å². The molecule has 0 aromatic heterocycles. The van der Waals surface area contributed by atoms with Crippen LogP contribution in [0.4, 0.5) is 5.69 Å². The molecule has 0 radical (unpaired) electrons. The van der Waals surface area contributed by atoms with E-state index in [1.54, 1.807) is 12.0 Å². The van der Waals surface area contributed by atoms with Gasteiger partial charge in [-0.1, -0.05) is 25.5 Å². The van der Waals surface area contributed by atoms with E-state index < -0.39 is 15.7 Å². The second kappa shape index (κ2) is 11.0. The maximum absolute atomic E-state index is 12.6. The average molecular weight is 420 g/mol. The average Bonchev–Trinajstić information content (AvgIpc) is 3.07. The number of carbonyl (C=O) groups excluding carboxylic acids is 1. The van der Waals surface area contributed by atoms with Crippen molar-refractivity contribution in [3.63, 3.8) is 0 Å². The Labute approximate surface area is 173 Å². The predicted octanol–water partition coefficient (Wildman–Crippen LogP) is 2.51. The van der Waals surface area contributed by atoms with Crippen LogP contribution in [0.5, 0.6) is 0 Å². The summed E-state index contributed by atoms with van der Waals surface area (Å²) in [6.07, 6.45) is 5.16. The number of benzene rings is 1.